The minimum absolute atomic E-state index is 0.149. The highest BCUT2D eigenvalue weighted by atomic mass is 31.2. The molecule has 1 saturated carbocycles. The van der Waals surface area contributed by atoms with Crippen molar-refractivity contribution in [2.75, 3.05) is 24.8 Å². The highest BCUT2D eigenvalue weighted by Crippen LogP contribution is 2.76. The van der Waals surface area contributed by atoms with E-state index in [0.717, 1.165) is 47.7 Å². The zero-order valence-electron chi connectivity index (χ0n) is 16.0. The number of hydrogen-bond donors (Lipinski definition) is 1. The Balaban J connectivity index is 2.35. The van der Waals surface area contributed by atoms with E-state index in [0.29, 0.717) is 0 Å². The maximum absolute atomic E-state index is 13.4. The molecule has 1 aromatic carbocycles. The highest BCUT2D eigenvalue weighted by Gasteiger charge is 2.58. The molecule has 1 fully saturated rings. The molecule has 1 N–H and O–H groups in total. The van der Waals surface area contributed by atoms with Crippen LogP contribution in [-0.2, 0) is 4.79 Å². The summed E-state index contributed by atoms with van der Waals surface area (Å²) in [6.07, 6.45) is 7.87. The predicted molar refractivity (Wildman–Crippen MR) is 106 cm³/mol. The molecule has 0 atom stereocenters. The molecule has 3 nitrogen and oxygen atoms in total. The number of carbonyl (C=O) groups excluding carboxylic acids is 1. The van der Waals surface area contributed by atoms with Crippen molar-refractivity contribution in [1.82, 2.24) is 0 Å². The smallest absolute Gasteiger partial charge is 0.265 e. The molecule has 2 rings (SSSR count). The SMILES string of the molecule is C[CH-][P+](CC)(CC)C1(C(=O)Nc2c(C)cc(OC)cc2C)CCC1. The van der Waals surface area contributed by atoms with E-state index in [1.54, 1.807) is 7.11 Å². The summed E-state index contributed by atoms with van der Waals surface area (Å²) < 4.78 is 5.33. The number of methoxy groups -OCH3 is 1. The summed E-state index contributed by atoms with van der Waals surface area (Å²) in [7, 11) is 0.300. The van der Waals surface area contributed by atoms with E-state index < -0.39 is 7.26 Å². The molecule has 134 valence electrons. The number of amides is 1. The van der Waals surface area contributed by atoms with Crippen LogP contribution in [0, 0.1) is 20.0 Å². The first-order chi connectivity index (χ1) is 11.4. The van der Waals surface area contributed by atoms with E-state index in [1.807, 2.05) is 26.0 Å². The first kappa shape index (κ1) is 19.2. The second-order valence-electron chi connectivity index (χ2n) is 6.90. The van der Waals surface area contributed by atoms with Gasteiger partial charge in [0.1, 0.15) is 10.9 Å². The zero-order chi connectivity index (χ0) is 18.0. The molecule has 0 heterocycles. The summed E-state index contributed by atoms with van der Waals surface area (Å²) >= 11 is 0. The maximum Gasteiger partial charge on any atom is 0.265 e. The second-order valence-corrected chi connectivity index (χ2v) is 11.6. The first-order valence-corrected chi connectivity index (χ1v) is 11.3. The van der Waals surface area contributed by atoms with E-state index in [9.17, 15) is 4.79 Å². The Labute approximate surface area is 147 Å². The van der Waals surface area contributed by atoms with E-state index in [-0.39, 0.29) is 11.1 Å². The van der Waals surface area contributed by atoms with Crippen molar-refractivity contribution >= 4 is 18.9 Å². The standard InChI is InChI=1S/C20H32NO2P/c1-7-24(8-2,9-3)20(11-10-12-20)19(22)21-18-15(4)13-17(23-6)14-16(18)5/h7,13-14H,8-12H2,1-6H3,(H,21,22). The molecule has 0 unspecified atom stereocenters. The van der Waals surface area contributed by atoms with Crippen LogP contribution in [0.15, 0.2) is 12.1 Å². The van der Waals surface area contributed by atoms with Gasteiger partial charge in [0.15, 0.2) is 0 Å². The van der Waals surface area contributed by atoms with Crippen LogP contribution in [0.2, 0.25) is 0 Å². The van der Waals surface area contributed by atoms with Crippen LogP contribution in [0.3, 0.4) is 0 Å². The molecule has 1 aliphatic carbocycles. The van der Waals surface area contributed by atoms with Crippen LogP contribution < -0.4 is 10.1 Å². The van der Waals surface area contributed by atoms with Crippen LogP contribution in [0.25, 0.3) is 0 Å². The van der Waals surface area contributed by atoms with Gasteiger partial charge in [0.05, 0.1) is 7.11 Å². The van der Waals surface area contributed by atoms with Crippen molar-refractivity contribution in [1.29, 1.82) is 0 Å². The average Bonchev–Trinajstić information content (AvgIpc) is 2.53. The Morgan fingerprint density at radius 3 is 2.12 bits per heavy atom. The number of rotatable bonds is 7. The van der Waals surface area contributed by atoms with E-state index in [1.165, 1.54) is 6.42 Å². The molecule has 24 heavy (non-hydrogen) atoms. The third-order valence-corrected chi connectivity index (χ3v) is 11.7. The molecular weight excluding hydrogens is 317 g/mol. The lowest BCUT2D eigenvalue weighted by atomic mass is 9.83. The Morgan fingerprint density at radius 2 is 1.79 bits per heavy atom. The summed E-state index contributed by atoms with van der Waals surface area (Å²) in [5.41, 5.74) is 3.08. The van der Waals surface area contributed by atoms with Crippen LogP contribution in [0.4, 0.5) is 5.69 Å². The molecule has 0 spiro atoms. The van der Waals surface area contributed by atoms with E-state index in [4.69, 9.17) is 4.74 Å². The third-order valence-electron chi connectivity index (χ3n) is 6.06. The summed E-state index contributed by atoms with van der Waals surface area (Å²) in [5.74, 6) is 1.08. The lowest BCUT2D eigenvalue weighted by Gasteiger charge is -2.53. The van der Waals surface area contributed by atoms with Gasteiger partial charge in [0.25, 0.3) is 5.91 Å². The topological polar surface area (TPSA) is 38.3 Å². The van der Waals surface area contributed by atoms with Gasteiger partial charge >= 0.3 is 0 Å². The third kappa shape index (κ3) is 2.96. The van der Waals surface area contributed by atoms with Gasteiger partial charge < -0.3 is 10.1 Å². The molecule has 0 aromatic heterocycles. The minimum Gasteiger partial charge on any atom is -0.497 e. The Bertz CT molecular complexity index is 572. The lowest BCUT2D eigenvalue weighted by molar-refractivity contribution is -0.120. The van der Waals surface area contributed by atoms with Crippen molar-refractivity contribution in [3.63, 3.8) is 0 Å². The Hall–Kier alpha value is -1.08. The fourth-order valence-corrected chi connectivity index (χ4v) is 8.85. The fraction of sp³-hybridized carbons (Fsp3) is 0.600. The number of nitrogens with one attached hydrogen (secondary N) is 1. The van der Waals surface area contributed by atoms with Crippen molar-refractivity contribution < 1.29 is 9.53 Å². The molecule has 1 aromatic rings. The molecule has 1 amide bonds. The summed E-state index contributed by atoms with van der Waals surface area (Å²) in [6.45, 7) is 10.8. The van der Waals surface area contributed by atoms with Gasteiger partial charge in [-0.3, -0.25) is 4.79 Å². The molecule has 0 radical (unpaired) electrons. The number of carbonyl (C=O) groups is 1. The monoisotopic (exact) mass is 349 g/mol. The van der Waals surface area contributed by atoms with Gasteiger partial charge in [-0.2, -0.15) is 13.1 Å². The number of ether oxygens (including phenoxy) is 1. The summed E-state index contributed by atoms with van der Waals surface area (Å²) in [4.78, 5) is 13.4. The van der Waals surface area contributed by atoms with Crippen molar-refractivity contribution in [2.45, 2.75) is 59.0 Å². The summed E-state index contributed by atoms with van der Waals surface area (Å²) in [6, 6.07) is 3.98. The minimum atomic E-state index is -1.37. The van der Waals surface area contributed by atoms with Gasteiger partial charge in [-0.1, -0.05) is 0 Å². The number of benzene rings is 1. The maximum atomic E-state index is 13.4. The van der Waals surface area contributed by atoms with Gasteiger partial charge in [0.2, 0.25) is 0 Å². The van der Waals surface area contributed by atoms with Gasteiger partial charge in [-0.15, -0.1) is 7.26 Å². The van der Waals surface area contributed by atoms with Crippen LogP contribution in [0.1, 0.15) is 51.2 Å². The van der Waals surface area contributed by atoms with Crippen molar-refractivity contribution in [3.8, 4) is 5.75 Å². The van der Waals surface area contributed by atoms with Gasteiger partial charge in [-0.25, -0.2) is 0 Å². The lowest BCUT2D eigenvalue weighted by Crippen LogP contribution is -2.51. The molecule has 0 saturated heterocycles. The largest absolute Gasteiger partial charge is 0.497 e. The van der Waals surface area contributed by atoms with Crippen LogP contribution in [-0.4, -0.2) is 30.5 Å². The van der Waals surface area contributed by atoms with E-state index >= 15 is 0 Å². The average molecular weight is 349 g/mol. The second kappa shape index (κ2) is 7.44. The molecule has 0 bridgehead atoms. The quantitative estimate of drug-likeness (QED) is 0.528. The highest BCUT2D eigenvalue weighted by molar-refractivity contribution is 7.80. The molecule has 4 heteroatoms. The first-order valence-electron chi connectivity index (χ1n) is 9.03. The molecular formula is C20H32NO2P. The van der Waals surface area contributed by atoms with Gasteiger partial charge in [0, 0.05) is 18.0 Å². The van der Waals surface area contributed by atoms with E-state index in [2.05, 4.69) is 32.2 Å². The molecule has 0 aliphatic heterocycles. The Kier molecular flexibility index (Phi) is 5.96. The number of aryl methyl sites for hydroxylation is 2. The zero-order valence-corrected chi connectivity index (χ0v) is 16.9. The summed E-state index contributed by atoms with van der Waals surface area (Å²) in [5, 5.41) is 3.15. The van der Waals surface area contributed by atoms with Crippen molar-refractivity contribution in [3.05, 3.63) is 29.4 Å². The van der Waals surface area contributed by atoms with Crippen LogP contribution in [0.5, 0.6) is 5.75 Å². The number of hydrogen-bond acceptors (Lipinski definition) is 2. The molecule has 1 aliphatic rings. The van der Waals surface area contributed by atoms with Crippen LogP contribution >= 0.6 is 7.26 Å². The van der Waals surface area contributed by atoms with Crippen molar-refractivity contribution in [2.24, 2.45) is 0 Å². The van der Waals surface area contributed by atoms with Gasteiger partial charge in [-0.05, 0) is 70.2 Å². The predicted octanol–water partition coefficient (Wildman–Crippen LogP) is 5.41. The normalized spacial score (nSPS) is 16.4. The Morgan fingerprint density at radius 1 is 1.25 bits per heavy atom. The number of anilines is 1. The fourth-order valence-electron chi connectivity index (χ4n) is 4.30.